The van der Waals surface area contributed by atoms with Gasteiger partial charge in [0.2, 0.25) is 0 Å². The molecule has 1 amide bonds. The first-order chi connectivity index (χ1) is 9.28. The van der Waals surface area contributed by atoms with Gasteiger partial charge in [-0.05, 0) is 44.9 Å². The van der Waals surface area contributed by atoms with Crippen LogP contribution in [-0.2, 0) is 0 Å². The third-order valence-corrected chi connectivity index (χ3v) is 3.23. The Morgan fingerprint density at radius 1 is 1.35 bits per heavy atom. The van der Waals surface area contributed by atoms with Crippen LogP contribution in [0, 0.1) is 17.2 Å². The number of carbonyl (C=O) groups is 1. The molecule has 0 saturated carbocycles. The molecular weight excluding hydrogens is 252 g/mol. The summed E-state index contributed by atoms with van der Waals surface area (Å²) in [5.41, 5.74) is -0.392. The topological polar surface area (TPSA) is 62.1 Å². The number of nitrogens with zero attached hydrogens (tertiary/aromatic N) is 1. The van der Waals surface area contributed by atoms with E-state index in [0.717, 1.165) is 0 Å². The molecule has 108 valence electrons. The maximum absolute atomic E-state index is 12.2. The molecule has 4 heteroatoms. The smallest absolute Gasteiger partial charge is 0.252 e. The second-order valence-corrected chi connectivity index (χ2v) is 5.62. The Kier molecular flexibility index (Phi) is 5.15. The Morgan fingerprint density at radius 2 is 2.00 bits per heavy atom. The van der Waals surface area contributed by atoms with Crippen LogP contribution in [0.25, 0.3) is 0 Å². The van der Waals surface area contributed by atoms with Gasteiger partial charge in [-0.1, -0.05) is 19.9 Å². The Hall–Kier alpha value is -2.02. The van der Waals surface area contributed by atoms with E-state index in [1.807, 2.05) is 33.8 Å². The molecule has 0 bridgehead atoms. The lowest BCUT2D eigenvalue weighted by molar-refractivity contribution is 0.0907. The average Bonchev–Trinajstić information content (AvgIpc) is 2.37. The van der Waals surface area contributed by atoms with E-state index in [1.165, 1.54) is 0 Å². The number of hydrogen-bond acceptors (Lipinski definition) is 3. The normalized spacial score (nSPS) is 13.7. The third kappa shape index (κ3) is 3.99. The number of rotatable bonds is 5. The summed E-state index contributed by atoms with van der Waals surface area (Å²) < 4.78 is 5.56. The second-order valence-electron chi connectivity index (χ2n) is 5.62. The minimum Gasteiger partial charge on any atom is -0.491 e. The number of amides is 1. The summed E-state index contributed by atoms with van der Waals surface area (Å²) in [5.74, 6) is 0.402. The van der Waals surface area contributed by atoms with Crippen LogP contribution in [0.4, 0.5) is 0 Å². The van der Waals surface area contributed by atoms with Crippen LogP contribution in [0.1, 0.15) is 45.0 Å². The molecule has 4 nitrogen and oxygen atoms in total. The van der Waals surface area contributed by atoms with Crippen LogP contribution in [0.3, 0.4) is 0 Å². The van der Waals surface area contributed by atoms with Gasteiger partial charge >= 0.3 is 0 Å². The maximum Gasteiger partial charge on any atom is 0.252 e. The van der Waals surface area contributed by atoms with E-state index in [-0.39, 0.29) is 17.9 Å². The quantitative estimate of drug-likeness (QED) is 0.897. The number of nitrogens with one attached hydrogen (secondary N) is 1. The van der Waals surface area contributed by atoms with Crippen LogP contribution < -0.4 is 10.1 Å². The SMILES string of the molecule is CC(C)Oc1cccc(C(=O)NC(C)(C#N)C(C)C)c1. The van der Waals surface area contributed by atoms with Crippen molar-refractivity contribution >= 4 is 5.91 Å². The van der Waals surface area contributed by atoms with Crippen molar-refractivity contribution in [2.45, 2.75) is 46.3 Å². The van der Waals surface area contributed by atoms with E-state index < -0.39 is 5.54 Å². The molecule has 1 atom stereocenters. The van der Waals surface area contributed by atoms with Gasteiger partial charge in [0.1, 0.15) is 11.3 Å². The molecule has 1 rings (SSSR count). The van der Waals surface area contributed by atoms with Gasteiger partial charge in [0.25, 0.3) is 5.91 Å². The molecule has 1 unspecified atom stereocenters. The maximum atomic E-state index is 12.2. The van der Waals surface area contributed by atoms with Gasteiger partial charge in [-0.2, -0.15) is 5.26 Å². The molecule has 0 fully saturated rings. The van der Waals surface area contributed by atoms with Crippen LogP contribution in [0.2, 0.25) is 0 Å². The van der Waals surface area contributed by atoms with Crippen LogP contribution in [0.15, 0.2) is 24.3 Å². The van der Waals surface area contributed by atoms with Crippen molar-refractivity contribution < 1.29 is 9.53 Å². The van der Waals surface area contributed by atoms with Crippen molar-refractivity contribution in [3.05, 3.63) is 29.8 Å². The number of hydrogen-bond donors (Lipinski definition) is 1. The highest BCUT2D eigenvalue weighted by atomic mass is 16.5. The van der Waals surface area contributed by atoms with Gasteiger partial charge in [-0.25, -0.2) is 0 Å². The Morgan fingerprint density at radius 3 is 2.50 bits per heavy atom. The Bertz CT molecular complexity index is 517. The van der Waals surface area contributed by atoms with E-state index in [4.69, 9.17) is 4.74 Å². The zero-order valence-corrected chi connectivity index (χ0v) is 12.7. The van der Waals surface area contributed by atoms with E-state index in [1.54, 1.807) is 25.1 Å². The standard InChI is InChI=1S/C16H22N2O2/c1-11(2)16(5,10-17)18-15(19)13-7-6-8-14(9-13)20-12(3)4/h6-9,11-12H,1-5H3,(H,18,19). The van der Waals surface area contributed by atoms with Crippen LogP contribution in [0.5, 0.6) is 5.75 Å². The average molecular weight is 274 g/mol. The number of benzene rings is 1. The van der Waals surface area contributed by atoms with Crippen molar-refractivity contribution in [2.24, 2.45) is 5.92 Å². The first-order valence-electron chi connectivity index (χ1n) is 6.79. The summed E-state index contributed by atoms with van der Waals surface area (Å²) in [4.78, 5) is 12.2. The lowest BCUT2D eigenvalue weighted by Gasteiger charge is -2.27. The summed E-state index contributed by atoms with van der Waals surface area (Å²) >= 11 is 0. The van der Waals surface area contributed by atoms with Gasteiger partial charge < -0.3 is 10.1 Å². The lowest BCUT2D eigenvalue weighted by Crippen LogP contribution is -2.48. The third-order valence-electron chi connectivity index (χ3n) is 3.23. The zero-order valence-electron chi connectivity index (χ0n) is 12.7. The highest BCUT2D eigenvalue weighted by Crippen LogP contribution is 2.18. The van der Waals surface area contributed by atoms with E-state index in [2.05, 4.69) is 11.4 Å². The molecule has 20 heavy (non-hydrogen) atoms. The minimum absolute atomic E-state index is 0.0200. The molecule has 0 aliphatic carbocycles. The summed E-state index contributed by atoms with van der Waals surface area (Å²) in [5, 5.41) is 12.0. The summed E-state index contributed by atoms with van der Waals surface area (Å²) in [6, 6.07) is 9.14. The molecule has 0 spiro atoms. The lowest BCUT2D eigenvalue weighted by atomic mass is 9.90. The number of nitriles is 1. The molecule has 0 aliphatic heterocycles. The molecule has 0 radical (unpaired) electrons. The van der Waals surface area contributed by atoms with E-state index >= 15 is 0 Å². The van der Waals surface area contributed by atoms with Gasteiger partial charge in [-0.3, -0.25) is 4.79 Å². The van der Waals surface area contributed by atoms with Crippen LogP contribution in [-0.4, -0.2) is 17.6 Å². The molecule has 1 aromatic rings. The van der Waals surface area contributed by atoms with Crippen molar-refractivity contribution in [3.63, 3.8) is 0 Å². The highest BCUT2D eigenvalue weighted by Gasteiger charge is 2.30. The fourth-order valence-electron chi connectivity index (χ4n) is 1.59. The first-order valence-corrected chi connectivity index (χ1v) is 6.79. The highest BCUT2D eigenvalue weighted by molar-refractivity contribution is 5.95. The van der Waals surface area contributed by atoms with Gasteiger partial charge in [0.05, 0.1) is 12.2 Å². The molecule has 1 N–H and O–H groups in total. The number of carbonyl (C=O) groups excluding carboxylic acids is 1. The summed E-state index contributed by atoms with van der Waals surface area (Å²) in [7, 11) is 0. The Labute approximate surface area is 120 Å². The second kappa shape index (κ2) is 6.42. The zero-order chi connectivity index (χ0) is 15.3. The molecule has 0 saturated heterocycles. The molecule has 1 aromatic carbocycles. The fourth-order valence-corrected chi connectivity index (χ4v) is 1.59. The molecule has 0 heterocycles. The molecule has 0 aliphatic rings. The largest absolute Gasteiger partial charge is 0.491 e. The fraction of sp³-hybridized carbons (Fsp3) is 0.500. The van der Waals surface area contributed by atoms with Crippen molar-refractivity contribution in [2.75, 3.05) is 0 Å². The predicted molar refractivity (Wildman–Crippen MR) is 78.5 cm³/mol. The first kappa shape index (κ1) is 16.0. The summed E-state index contributed by atoms with van der Waals surface area (Å²) in [6.07, 6.45) is 0.0494. The van der Waals surface area contributed by atoms with Crippen LogP contribution >= 0.6 is 0 Å². The minimum atomic E-state index is -0.883. The van der Waals surface area contributed by atoms with E-state index in [0.29, 0.717) is 11.3 Å². The van der Waals surface area contributed by atoms with E-state index in [9.17, 15) is 10.1 Å². The molecule has 0 aromatic heterocycles. The molecular formula is C16H22N2O2. The van der Waals surface area contributed by atoms with Gasteiger partial charge in [0, 0.05) is 5.56 Å². The van der Waals surface area contributed by atoms with Gasteiger partial charge in [-0.15, -0.1) is 0 Å². The van der Waals surface area contributed by atoms with Crippen molar-refractivity contribution in [3.8, 4) is 11.8 Å². The Balaban J connectivity index is 2.91. The number of ether oxygens (including phenoxy) is 1. The van der Waals surface area contributed by atoms with Gasteiger partial charge in [0.15, 0.2) is 0 Å². The summed E-state index contributed by atoms with van der Waals surface area (Å²) in [6.45, 7) is 9.39. The van der Waals surface area contributed by atoms with Crippen molar-refractivity contribution in [1.29, 1.82) is 5.26 Å². The monoisotopic (exact) mass is 274 g/mol. The predicted octanol–water partition coefficient (Wildman–Crippen LogP) is 3.14. The van der Waals surface area contributed by atoms with Crippen molar-refractivity contribution in [1.82, 2.24) is 5.32 Å².